The van der Waals surface area contributed by atoms with Crippen LogP contribution in [-0.2, 0) is 0 Å². The van der Waals surface area contributed by atoms with E-state index in [1.54, 1.807) is 0 Å². The van der Waals surface area contributed by atoms with Gasteiger partial charge in [0.05, 0.1) is 0 Å². The van der Waals surface area contributed by atoms with Crippen molar-refractivity contribution >= 4 is 20.1 Å². The maximum atomic E-state index is 2.83. The molecule has 0 fully saturated rings. The molecule has 2 aromatic carbocycles. The van der Waals surface area contributed by atoms with Crippen molar-refractivity contribution in [1.82, 2.24) is 0 Å². The molecule has 0 aliphatic carbocycles. The zero-order chi connectivity index (χ0) is 14.4. The van der Waals surface area contributed by atoms with Crippen LogP contribution in [0, 0.1) is 0 Å². The van der Waals surface area contributed by atoms with Crippen LogP contribution in [0.25, 0.3) is 16.7 Å². The lowest BCUT2D eigenvalue weighted by atomic mass is 9.98. The van der Waals surface area contributed by atoms with Gasteiger partial charge in [-0.1, -0.05) is 67.6 Å². The molecular formula is C19H21P. The van der Waals surface area contributed by atoms with Crippen molar-refractivity contribution in [3.05, 3.63) is 72.3 Å². The van der Waals surface area contributed by atoms with Crippen LogP contribution >= 0.6 is 9.24 Å². The summed E-state index contributed by atoms with van der Waals surface area (Å²) in [5.41, 5.74) is 5.10. The Labute approximate surface area is 124 Å². The minimum atomic E-state index is 1.04. The molecule has 0 amide bonds. The summed E-state index contributed by atoms with van der Waals surface area (Å²) in [5, 5.41) is 1.23. The van der Waals surface area contributed by atoms with Gasteiger partial charge in [-0.2, -0.15) is 0 Å². The van der Waals surface area contributed by atoms with Crippen molar-refractivity contribution in [2.75, 3.05) is 0 Å². The highest BCUT2D eigenvalue weighted by Crippen LogP contribution is 2.24. The first-order valence-electron chi connectivity index (χ1n) is 7.04. The molecule has 0 radical (unpaired) electrons. The molecule has 0 N–H and O–H groups in total. The van der Waals surface area contributed by atoms with Crippen molar-refractivity contribution in [3.8, 4) is 11.1 Å². The lowest BCUT2D eigenvalue weighted by molar-refractivity contribution is 1.23. The second-order valence-corrected chi connectivity index (χ2v) is 5.36. The second kappa shape index (κ2) is 7.22. The van der Waals surface area contributed by atoms with Gasteiger partial charge in [-0.05, 0) is 47.0 Å². The number of hydrogen-bond donors (Lipinski definition) is 0. The van der Waals surface area contributed by atoms with Gasteiger partial charge in [0.25, 0.3) is 0 Å². The monoisotopic (exact) mass is 280 g/mol. The van der Waals surface area contributed by atoms with Crippen molar-refractivity contribution < 1.29 is 0 Å². The van der Waals surface area contributed by atoms with Gasteiger partial charge in [-0.3, -0.25) is 0 Å². The summed E-state index contributed by atoms with van der Waals surface area (Å²) in [6.45, 7) is 4.23. The van der Waals surface area contributed by atoms with E-state index in [0.717, 1.165) is 6.42 Å². The van der Waals surface area contributed by atoms with Crippen LogP contribution < -0.4 is 5.30 Å². The predicted molar refractivity (Wildman–Crippen MR) is 94.3 cm³/mol. The number of hydrogen-bond acceptors (Lipinski definition) is 0. The van der Waals surface area contributed by atoms with Gasteiger partial charge >= 0.3 is 0 Å². The summed E-state index contributed by atoms with van der Waals surface area (Å²) < 4.78 is 0. The lowest BCUT2D eigenvalue weighted by Crippen LogP contribution is -1.98. The summed E-state index contributed by atoms with van der Waals surface area (Å²) >= 11 is 0. The van der Waals surface area contributed by atoms with Gasteiger partial charge in [0.1, 0.15) is 0 Å². The van der Waals surface area contributed by atoms with E-state index >= 15 is 0 Å². The van der Waals surface area contributed by atoms with Crippen LogP contribution in [0.4, 0.5) is 0 Å². The highest BCUT2D eigenvalue weighted by Gasteiger charge is 2.05. The molecule has 1 atom stereocenters. The second-order valence-electron chi connectivity index (χ2n) is 4.74. The van der Waals surface area contributed by atoms with Gasteiger partial charge < -0.3 is 0 Å². The van der Waals surface area contributed by atoms with E-state index in [-0.39, 0.29) is 0 Å². The first-order valence-corrected chi connectivity index (χ1v) is 7.62. The molecule has 0 nitrogen and oxygen atoms in total. The Hall–Kier alpha value is -1.65. The maximum Gasteiger partial charge on any atom is -0.0106 e. The van der Waals surface area contributed by atoms with Gasteiger partial charge in [0.2, 0.25) is 0 Å². The number of rotatable bonds is 4. The molecule has 20 heavy (non-hydrogen) atoms. The molecule has 0 aliphatic rings. The molecule has 2 aromatic rings. The number of benzene rings is 2. The highest BCUT2D eigenvalue weighted by molar-refractivity contribution is 7.28. The Morgan fingerprint density at radius 2 is 1.85 bits per heavy atom. The molecule has 0 bridgehead atoms. The van der Waals surface area contributed by atoms with E-state index in [2.05, 4.69) is 89.8 Å². The van der Waals surface area contributed by atoms with Gasteiger partial charge in [-0.25, -0.2) is 0 Å². The largest absolute Gasteiger partial charge is 0.105 e. The Morgan fingerprint density at radius 1 is 1.10 bits per heavy atom. The molecule has 0 aliphatic heterocycles. The summed E-state index contributed by atoms with van der Waals surface area (Å²) in [6.07, 6.45) is 7.59. The molecule has 1 heteroatoms. The Kier molecular flexibility index (Phi) is 5.32. The average Bonchev–Trinajstić information content (AvgIpc) is 2.48. The molecule has 0 spiro atoms. The normalized spacial score (nSPS) is 12.1. The van der Waals surface area contributed by atoms with Crippen LogP contribution in [0.2, 0.25) is 0 Å². The molecule has 0 heterocycles. The Balaban J connectivity index is 2.51. The van der Waals surface area contributed by atoms with E-state index in [4.69, 9.17) is 0 Å². The lowest BCUT2D eigenvalue weighted by Gasteiger charge is -2.10. The molecule has 1 unspecified atom stereocenters. The topological polar surface area (TPSA) is 0 Å². The first kappa shape index (κ1) is 14.8. The van der Waals surface area contributed by atoms with Crippen LogP contribution in [0.15, 0.2) is 66.8 Å². The van der Waals surface area contributed by atoms with Crippen molar-refractivity contribution in [2.45, 2.75) is 20.3 Å². The summed E-state index contributed by atoms with van der Waals surface area (Å²) in [6, 6.07) is 17.2. The smallest absolute Gasteiger partial charge is 0.0106 e. The van der Waals surface area contributed by atoms with Crippen LogP contribution in [0.3, 0.4) is 0 Å². The third-order valence-electron chi connectivity index (χ3n) is 3.24. The molecule has 0 aromatic heterocycles. The zero-order valence-corrected chi connectivity index (χ0v) is 13.3. The maximum absolute atomic E-state index is 2.83. The van der Waals surface area contributed by atoms with Crippen molar-refractivity contribution in [3.63, 3.8) is 0 Å². The van der Waals surface area contributed by atoms with E-state index in [9.17, 15) is 0 Å². The van der Waals surface area contributed by atoms with E-state index in [1.807, 2.05) is 0 Å². The summed E-state index contributed by atoms with van der Waals surface area (Å²) in [5.74, 6) is 0. The highest BCUT2D eigenvalue weighted by atomic mass is 31.0. The van der Waals surface area contributed by atoms with Crippen LogP contribution in [0.5, 0.6) is 0 Å². The van der Waals surface area contributed by atoms with E-state index < -0.39 is 0 Å². The summed E-state index contributed by atoms with van der Waals surface area (Å²) in [7, 11) is 2.83. The molecule has 0 saturated carbocycles. The molecule has 0 saturated heterocycles. The SMILES string of the molecule is C/C=C\C(=C/CC)c1ccc(P)c(-c2ccccc2)c1. The predicted octanol–water partition coefficient (Wildman–Crippen LogP) is 5.22. The van der Waals surface area contributed by atoms with Crippen LogP contribution in [-0.4, -0.2) is 0 Å². The van der Waals surface area contributed by atoms with Gasteiger partial charge in [-0.15, -0.1) is 9.24 Å². The minimum Gasteiger partial charge on any atom is -0.105 e. The summed E-state index contributed by atoms with van der Waals surface area (Å²) in [4.78, 5) is 0. The first-order chi connectivity index (χ1) is 9.76. The Morgan fingerprint density at radius 3 is 2.50 bits per heavy atom. The third-order valence-corrected chi connectivity index (χ3v) is 3.75. The fraction of sp³-hybridized carbons (Fsp3) is 0.158. The molecule has 2 rings (SSSR count). The third kappa shape index (κ3) is 3.46. The standard InChI is InChI=1S/C19H21P/c1-3-8-15(9-4-2)17-12-13-19(20)18(14-17)16-10-6-5-7-11-16/h3,5-14H,4,20H2,1-2H3/b8-3-,15-9+. The van der Waals surface area contributed by atoms with Gasteiger partial charge in [0, 0.05) is 0 Å². The zero-order valence-electron chi connectivity index (χ0n) is 12.1. The van der Waals surface area contributed by atoms with Crippen molar-refractivity contribution in [2.24, 2.45) is 0 Å². The van der Waals surface area contributed by atoms with E-state index in [0.29, 0.717) is 0 Å². The quantitative estimate of drug-likeness (QED) is 0.532. The van der Waals surface area contributed by atoms with E-state index in [1.165, 1.54) is 27.6 Å². The fourth-order valence-electron chi connectivity index (χ4n) is 2.29. The molecular weight excluding hydrogens is 259 g/mol. The average molecular weight is 280 g/mol. The fourth-order valence-corrected chi connectivity index (χ4v) is 2.63. The number of allylic oxidation sites excluding steroid dienone is 4. The molecule has 102 valence electrons. The van der Waals surface area contributed by atoms with Gasteiger partial charge in [0.15, 0.2) is 0 Å². The Bertz CT molecular complexity index is 621. The van der Waals surface area contributed by atoms with Crippen molar-refractivity contribution in [1.29, 1.82) is 0 Å². The minimum absolute atomic E-state index is 1.04. The van der Waals surface area contributed by atoms with Crippen LogP contribution in [0.1, 0.15) is 25.8 Å².